The molecule has 2 saturated carbocycles. The van der Waals surface area contributed by atoms with Gasteiger partial charge in [-0.1, -0.05) is 18.2 Å². The largest absolute Gasteiger partial charge is 0.436 e. The molecule has 0 radical (unpaired) electrons. The number of fused-ring (bicyclic) bond motifs is 2. The molecule has 3 fully saturated rings. The van der Waals surface area contributed by atoms with Crippen LogP contribution < -0.4 is 10.6 Å². The van der Waals surface area contributed by atoms with E-state index in [1.165, 1.54) is 24.1 Å². The maximum absolute atomic E-state index is 13.5. The number of carbonyl (C=O) groups is 4. The van der Waals surface area contributed by atoms with Crippen molar-refractivity contribution >= 4 is 23.8 Å². The molecule has 0 aromatic heterocycles. The summed E-state index contributed by atoms with van der Waals surface area (Å²) in [5.41, 5.74) is 0.765. The van der Waals surface area contributed by atoms with E-state index in [2.05, 4.69) is 10.6 Å². The number of rotatable bonds is 7. The van der Waals surface area contributed by atoms with Crippen molar-refractivity contribution < 1.29 is 28.3 Å². The highest BCUT2D eigenvalue weighted by atomic mass is 19.1. The number of ether oxygens (including phenoxy) is 1. The number of benzene rings is 1. The van der Waals surface area contributed by atoms with E-state index in [0.717, 1.165) is 18.4 Å². The minimum Gasteiger partial charge on any atom is -0.436 e. The fourth-order valence-corrected chi connectivity index (χ4v) is 5.64. The summed E-state index contributed by atoms with van der Waals surface area (Å²) in [6.07, 6.45) is 5.76. The quantitative estimate of drug-likeness (QED) is 0.587. The van der Waals surface area contributed by atoms with Gasteiger partial charge < -0.3 is 20.3 Å². The summed E-state index contributed by atoms with van der Waals surface area (Å²) in [6, 6.07) is 5.60. The Kier molecular flexibility index (Phi) is 6.51. The Morgan fingerprint density at radius 1 is 1.19 bits per heavy atom. The van der Waals surface area contributed by atoms with Gasteiger partial charge in [-0.3, -0.25) is 14.5 Å². The number of hydrogen-bond donors (Lipinski definition) is 2. The number of hydrogen-bond acceptors (Lipinski definition) is 5. The summed E-state index contributed by atoms with van der Waals surface area (Å²) in [6.45, 7) is 2.39. The van der Waals surface area contributed by atoms with Crippen LogP contribution in [0.1, 0.15) is 38.2 Å². The third-order valence-electron chi connectivity index (χ3n) is 7.92. The fourth-order valence-electron chi connectivity index (χ4n) is 5.64. The van der Waals surface area contributed by atoms with Crippen LogP contribution in [0.15, 0.2) is 47.7 Å². The molecule has 1 unspecified atom stereocenters. The first kappa shape index (κ1) is 25.0. The lowest BCUT2D eigenvalue weighted by molar-refractivity contribution is -0.135. The highest BCUT2D eigenvalue weighted by Crippen LogP contribution is 2.48. The van der Waals surface area contributed by atoms with Crippen LogP contribution in [0.5, 0.6) is 0 Å². The number of ketones is 1. The van der Waals surface area contributed by atoms with Crippen LogP contribution in [-0.4, -0.2) is 65.4 Å². The van der Waals surface area contributed by atoms with E-state index in [0.29, 0.717) is 30.9 Å². The van der Waals surface area contributed by atoms with Gasteiger partial charge in [0.1, 0.15) is 12.4 Å². The molecule has 10 heteroatoms. The predicted molar refractivity (Wildman–Crippen MR) is 131 cm³/mol. The first-order valence-corrected chi connectivity index (χ1v) is 12.7. The molecule has 1 aromatic carbocycles. The highest BCUT2D eigenvalue weighted by Gasteiger charge is 2.56. The van der Waals surface area contributed by atoms with Gasteiger partial charge in [-0.25, -0.2) is 14.0 Å². The van der Waals surface area contributed by atoms with Crippen LogP contribution in [0.25, 0.3) is 0 Å². The van der Waals surface area contributed by atoms with Crippen LogP contribution in [0.3, 0.4) is 0 Å². The van der Waals surface area contributed by atoms with Gasteiger partial charge in [0, 0.05) is 25.6 Å². The summed E-state index contributed by atoms with van der Waals surface area (Å²) in [7, 11) is 1.47. The molecule has 1 heterocycles. The zero-order valence-corrected chi connectivity index (χ0v) is 21.0. The molecule has 5 rings (SSSR count). The molecule has 9 nitrogen and oxygen atoms in total. The van der Waals surface area contributed by atoms with Gasteiger partial charge in [0.25, 0.3) is 0 Å². The van der Waals surface area contributed by atoms with E-state index in [1.807, 2.05) is 6.92 Å². The summed E-state index contributed by atoms with van der Waals surface area (Å²) < 4.78 is 19.2. The molecule has 1 aromatic rings. The maximum Gasteiger partial charge on any atom is 0.411 e. The number of allylic oxidation sites excluding steroid dienone is 3. The van der Waals surface area contributed by atoms with Crippen LogP contribution in [-0.2, 0) is 20.9 Å². The molecule has 3 atom stereocenters. The summed E-state index contributed by atoms with van der Waals surface area (Å²) in [5.74, 6) is -0.811. The van der Waals surface area contributed by atoms with Crippen molar-refractivity contribution in [3.63, 3.8) is 0 Å². The number of nitrogens with zero attached hydrogens (tertiary/aromatic N) is 2. The predicted octanol–water partition coefficient (Wildman–Crippen LogP) is 2.88. The monoisotopic (exact) mass is 510 g/mol. The van der Waals surface area contributed by atoms with E-state index < -0.39 is 23.6 Å². The van der Waals surface area contributed by atoms with Crippen LogP contribution in [0, 0.1) is 17.7 Å². The van der Waals surface area contributed by atoms with Crippen molar-refractivity contribution in [3.8, 4) is 0 Å². The number of Topliss-reactive ketones (excluding diaryl/α,β-unsaturated/α-hetero) is 1. The minimum atomic E-state index is -0.962. The minimum absolute atomic E-state index is 0.00366. The average Bonchev–Trinajstić information content (AvgIpc) is 3.61. The first-order chi connectivity index (χ1) is 17.7. The van der Waals surface area contributed by atoms with Crippen LogP contribution in [0.2, 0.25) is 0 Å². The Morgan fingerprint density at radius 3 is 2.59 bits per heavy atom. The average molecular weight is 511 g/mol. The zero-order valence-electron chi connectivity index (χ0n) is 21.0. The Hall–Kier alpha value is -3.69. The summed E-state index contributed by atoms with van der Waals surface area (Å²) >= 11 is 0. The van der Waals surface area contributed by atoms with E-state index in [4.69, 9.17) is 4.74 Å². The van der Waals surface area contributed by atoms with Crippen molar-refractivity contribution in [1.29, 1.82) is 0 Å². The van der Waals surface area contributed by atoms with E-state index in [1.54, 1.807) is 29.2 Å². The standard InChI is InChI=1S/C27H31FN4O5/c1-16(18-5-6-18)32(13-17-3-7-19(28)8-4-17)23(33)14-31-15-27(37-26(31)36)12-11-20-21(27)9-10-22(24(20)34)30-25(35)29-2/h3-4,7-10,16,18,20H,5-6,11-15H2,1-2H3,(H2,29,30,35)/t16-,20?,27-/m1/s1. The molecule has 2 N–H and O–H groups in total. The van der Waals surface area contributed by atoms with Crippen molar-refractivity contribution in [2.24, 2.45) is 11.8 Å². The third kappa shape index (κ3) is 4.84. The van der Waals surface area contributed by atoms with Gasteiger partial charge in [0.15, 0.2) is 11.4 Å². The van der Waals surface area contributed by atoms with Gasteiger partial charge >= 0.3 is 12.1 Å². The van der Waals surface area contributed by atoms with Crippen molar-refractivity contribution in [2.75, 3.05) is 20.1 Å². The smallest absolute Gasteiger partial charge is 0.411 e. The molecule has 196 valence electrons. The van der Waals surface area contributed by atoms with E-state index >= 15 is 0 Å². The normalized spacial score (nSPS) is 25.3. The van der Waals surface area contributed by atoms with Gasteiger partial charge in [0.2, 0.25) is 5.91 Å². The molecular formula is C27H31FN4O5. The lowest BCUT2D eigenvalue weighted by Gasteiger charge is -2.31. The fraction of sp³-hybridized carbons (Fsp3) is 0.481. The van der Waals surface area contributed by atoms with E-state index in [9.17, 15) is 23.6 Å². The van der Waals surface area contributed by atoms with E-state index in [-0.39, 0.29) is 42.3 Å². The molecule has 1 aliphatic heterocycles. The molecule has 37 heavy (non-hydrogen) atoms. The topological polar surface area (TPSA) is 108 Å². The summed E-state index contributed by atoms with van der Waals surface area (Å²) in [4.78, 5) is 54.2. The second-order valence-corrected chi connectivity index (χ2v) is 10.3. The van der Waals surface area contributed by atoms with Gasteiger partial charge in [0.05, 0.1) is 12.2 Å². The zero-order chi connectivity index (χ0) is 26.3. The molecule has 4 aliphatic rings. The van der Waals surface area contributed by atoms with Gasteiger partial charge in [-0.15, -0.1) is 0 Å². The number of urea groups is 1. The Bertz CT molecular complexity index is 1190. The summed E-state index contributed by atoms with van der Waals surface area (Å²) in [5, 5.41) is 4.97. The molecular weight excluding hydrogens is 479 g/mol. The highest BCUT2D eigenvalue weighted by molar-refractivity contribution is 6.03. The number of nitrogens with one attached hydrogen (secondary N) is 2. The van der Waals surface area contributed by atoms with Crippen molar-refractivity contribution in [1.82, 2.24) is 20.4 Å². The second kappa shape index (κ2) is 9.64. The SMILES string of the molecule is CNC(=O)NC1=CC=C2C(CC[C@@]23CN(CC(=O)N(Cc2ccc(F)cc2)[C@H](C)C2CC2)C(=O)O3)C1=O. The molecule has 0 bridgehead atoms. The number of carbonyl (C=O) groups excluding carboxylic acids is 4. The Balaban J connectivity index is 1.31. The Morgan fingerprint density at radius 2 is 1.92 bits per heavy atom. The number of amides is 4. The molecule has 1 spiro atoms. The lowest BCUT2D eigenvalue weighted by Crippen LogP contribution is -2.46. The molecule has 3 aliphatic carbocycles. The first-order valence-electron chi connectivity index (χ1n) is 12.7. The van der Waals surface area contributed by atoms with Crippen molar-refractivity contribution in [3.05, 3.63) is 59.1 Å². The number of halogens is 1. The second-order valence-electron chi connectivity index (χ2n) is 10.3. The van der Waals surface area contributed by atoms with Crippen LogP contribution in [0.4, 0.5) is 14.0 Å². The van der Waals surface area contributed by atoms with Gasteiger partial charge in [-0.05, 0) is 67.9 Å². The van der Waals surface area contributed by atoms with Crippen LogP contribution >= 0.6 is 0 Å². The van der Waals surface area contributed by atoms with Crippen molar-refractivity contribution in [2.45, 2.75) is 50.8 Å². The Labute approximate surface area is 214 Å². The van der Waals surface area contributed by atoms with Gasteiger partial charge in [-0.2, -0.15) is 0 Å². The molecule has 1 saturated heterocycles. The lowest BCUT2D eigenvalue weighted by atomic mass is 9.85. The molecule has 4 amide bonds. The third-order valence-corrected chi connectivity index (χ3v) is 7.92. The maximum atomic E-state index is 13.5.